The number of benzene rings is 1. The molecule has 0 aromatic heterocycles. The molecule has 1 aliphatic rings. The van der Waals surface area contributed by atoms with Crippen LogP contribution in [0.1, 0.15) is 31.9 Å². The third kappa shape index (κ3) is 2.78. The first kappa shape index (κ1) is 16.6. The quantitative estimate of drug-likeness (QED) is 0.509. The summed E-state index contributed by atoms with van der Waals surface area (Å²) in [6.07, 6.45) is -0.0370. The minimum Gasteiger partial charge on any atom is -0.482 e. The van der Waals surface area contributed by atoms with E-state index < -0.39 is 23.3 Å². The van der Waals surface area contributed by atoms with Crippen LogP contribution in [0.4, 0.5) is 4.79 Å². The lowest BCUT2D eigenvalue weighted by atomic mass is 9.83. The van der Waals surface area contributed by atoms with Crippen LogP contribution in [0.2, 0.25) is 0 Å². The number of nitrogens with two attached hydrogens (primary N) is 1. The van der Waals surface area contributed by atoms with Crippen molar-refractivity contribution in [2.24, 2.45) is 5.73 Å². The Morgan fingerprint density at radius 3 is 2.65 bits per heavy atom. The summed E-state index contributed by atoms with van der Waals surface area (Å²) in [6.45, 7) is 4.37. The van der Waals surface area contributed by atoms with Gasteiger partial charge in [-0.05, 0) is 32.0 Å². The maximum absolute atomic E-state index is 11.9. The molecule has 23 heavy (non-hydrogen) atoms. The van der Waals surface area contributed by atoms with Crippen molar-refractivity contribution in [1.82, 2.24) is 10.4 Å². The summed E-state index contributed by atoms with van der Waals surface area (Å²) >= 11 is 0. The zero-order valence-electron chi connectivity index (χ0n) is 13.1. The van der Waals surface area contributed by atoms with Crippen LogP contribution in [0.25, 0.3) is 0 Å². The van der Waals surface area contributed by atoms with Gasteiger partial charge in [-0.3, -0.25) is 4.79 Å². The van der Waals surface area contributed by atoms with Crippen molar-refractivity contribution in [3.63, 3.8) is 0 Å². The largest absolute Gasteiger partial charge is 0.482 e. The number of amides is 3. The first-order chi connectivity index (χ1) is 10.6. The van der Waals surface area contributed by atoms with Gasteiger partial charge in [0.15, 0.2) is 5.60 Å². The Bertz CT molecular complexity index is 710. The van der Waals surface area contributed by atoms with E-state index in [1.54, 1.807) is 32.0 Å². The first-order valence-corrected chi connectivity index (χ1v) is 6.92. The van der Waals surface area contributed by atoms with Crippen LogP contribution in [0.3, 0.4) is 0 Å². The molecule has 0 fully saturated rings. The molecule has 1 atom stereocenters. The number of nitrogens with one attached hydrogen (secondary N) is 1. The molecule has 1 aromatic carbocycles. The number of nitriles is 1. The van der Waals surface area contributed by atoms with Gasteiger partial charge in [0.1, 0.15) is 5.75 Å². The van der Waals surface area contributed by atoms with Crippen LogP contribution in [0.15, 0.2) is 18.2 Å². The molecule has 0 spiro atoms. The van der Waals surface area contributed by atoms with Gasteiger partial charge in [0.2, 0.25) is 11.6 Å². The van der Waals surface area contributed by atoms with Gasteiger partial charge in [0.05, 0.1) is 11.6 Å². The number of hydrogen-bond acceptors (Lipinski definition) is 5. The van der Waals surface area contributed by atoms with Gasteiger partial charge in [-0.1, -0.05) is 0 Å². The topological polar surface area (TPSA) is 129 Å². The molecule has 4 N–H and O–H groups in total. The highest BCUT2D eigenvalue weighted by molar-refractivity contribution is 5.79. The summed E-state index contributed by atoms with van der Waals surface area (Å²) in [4.78, 5) is 23.1. The molecule has 1 unspecified atom stereocenters. The van der Waals surface area contributed by atoms with Gasteiger partial charge in [0, 0.05) is 18.9 Å². The molecule has 2 rings (SSSR count). The smallest absolute Gasteiger partial charge is 0.331 e. The van der Waals surface area contributed by atoms with Crippen molar-refractivity contribution in [1.29, 1.82) is 5.26 Å². The predicted octanol–water partition coefficient (Wildman–Crippen LogP) is 0.392. The number of primary amides is 1. The number of carbonyl (C=O) groups is 2. The van der Waals surface area contributed by atoms with Crippen LogP contribution in [0, 0.1) is 11.3 Å². The lowest BCUT2D eigenvalue weighted by molar-refractivity contribution is -0.226. The number of urea groups is 1. The zero-order valence-corrected chi connectivity index (χ0v) is 13.1. The molecular formula is C15H18N4O4. The SMILES string of the molecule is CC(=O)N(NC(N)=O)C1(O)Cc2cc(C#N)ccc2OC1(C)C. The monoisotopic (exact) mass is 318 g/mol. The zero-order chi connectivity index (χ0) is 17.4. The molecule has 122 valence electrons. The molecule has 1 aromatic rings. The Morgan fingerprint density at radius 2 is 2.13 bits per heavy atom. The van der Waals surface area contributed by atoms with Gasteiger partial charge < -0.3 is 15.6 Å². The van der Waals surface area contributed by atoms with Crippen LogP contribution in [-0.4, -0.2) is 33.4 Å². The average molecular weight is 318 g/mol. The Balaban J connectivity index is 2.53. The average Bonchev–Trinajstić information content (AvgIpc) is 2.44. The molecular weight excluding hydrogens is 300 g/mol. The van der Waals surface area contributed by atoms with E-state index in [4.69, 9.17) is 15.7 Å². The minimum atomic E-state index is -1.88. The van der Waals surface area contributed by atoms with Crippen LogP contribution >= 0.6 is 0 Å². The fourth-order valence-corrected chi connectivity index (χ4v) is 2.61. The summed E-state index contributed by atoms with van der Waals surface area (Å²) in [5, 5.41) is 20.9. The second kappa shape index (κ2) is 5.44. The summed E-state index contributed by atoms with van der Waals surface area (Å²) in [7, 11) is 0. The third-order valence-electron chi connectivity index (χ3n) is 3.86. The van der Waals surface area contributed by atoms with Gasteiger partial charge in [-0.15, -0.1) is 0 Å². The molecule has 0 saturated heterocycles. The Hall–Kier alpha value is -2.79. The number of fused-ring (bicyclic) bond motifs is 1. The highest BCUT2D eigenvalue weighted by Crippen LogP contribution is 2.41. The summed E-state index contributed by atoms with van der Waals surface area (Å²) < 4.78 is 5.80. The fraction of sp³-hybridized carbons (Fsp3) is 0.400. The highest BCUT2D eigenvalue weighted by atomic mass is 16.5. The normalized spacial score (nSPS) is 21.3. The molecule has 0 bridgehead atoms. The van der Waals surface area contributed by atoms with Gasteiger partial charge in [-0.25, -0.2) is 15.2 Å². The van der Waals surface area contributed by atoms with Crippen molar-refractivity contribution in [2.45, 2.75) is 38.5 Å². The second-order valence-corrected chi connectivity index (χ2v) is 5.87. The highest BCUT2D eigenvalue weighted by Gasteiger charge is 2.55. The molecule has 3 amide bonds. The van der Waals surface area contributed by atoms with Crippen molar-refractivity contribution < 1.29 is 19.4 Å². The molecule has 8 nitrogen and oxygen atoms in total. The van der Waals surface area contributed by atoms with Gasteiger partial charge in [-0.2, -0.15) is 5.26 Å². The summed E-state index contributed by atoms with van der Waals surface area (Å²) in [5.41, 5.74) is 5.04. The number of ether oxygens (including phenoxy) is 1. The summed E-state index contributed by atoms with van der Waals surface area (Å²) in [6, 6.07) is 5.82. The molecule has 8 heteroatoms. The van der Waals surface area contributed by atoms with Gasteiger partial charge >= 0.3 is 6.03 Å². The van der Waals surface area contributed by atoms with E-state index in [0.29, 0.717) is 16.9 Å². The van der Waals surface area contributed by atoms with Crippen LogP contribution in [0.5, 0.6) is 5.75 Å². The number of rotatable bonds is 1. The fourth-order valence-electron chi connectivity index (χ4n) is 2.61. The summed E-state index contributed by atoms with van der Waals surface area (Å²) in [5.74, 6) is -0.107. The van der Waals surface area contributed by atoms with E-state index in [-0.39, 0.29) is 6.42 Å². The van der Waals surface area contributed by atoms with E-state index in [1.807, 2.05) is 6.07 Å². The van der Waals surface area contributed by atoms with E-state index in [9.17, 15) is 14.7 Å². The van der Waals surface area contributed by atoms with E-state index >= 15 is 0 Å². The molecule has 0 radical (unpaired) electrons. The number of nitrogens with zero attached hydrogens (tertiary/aromatic N) is 2. The molecule has 0 saturated carbocycles. The number of hydrogen-bond donors (Lipinski definition) is 3. The van der Waals surface area contributed by atoms with E-state index in [2.05, 4.69) is 5.43 Å². The van der Waals surface area contributed by atoms with E-state index in [1.165, 1.54) is 6.92 Å². The third-order valence-corrected chi connectivity index (χ3v) is 3.86. The first-order valence-electron chi connectivity index (χ1n) is 6.92. The van der Waals surface area contributed by atoms with E-state index in [0.717, 1.165) is 5.01 Å². The maximum Gasteiger partial charge on any atom is 0.331 e. The Kier molecular flexibility index (Phi) is 3.92. The maximum atomic E-state index is 11.9. The lowest BCUT2D eigenvalue weighted by Crippen LogP contribution is -2.72. The van der Waals surface area contributed by atoms with Crippen LogP contribution in [-0.2, 0) is 11.2 Å². The van der Waals surface area contributed by atoms with Crippen molar-refractivity contribution in [3.05, 3.63) is 29.3 Å². The second-order valence-electron chi connectivity index (χ2n) is 5.87. The van der Waals surface area contributed by atoms with Crippen molar-refractivity contribution >= 4 is 11.9 Å². The Labute approximate surface area is 133 Å². The molecule has 1 aliphatic heterocycles. The number of aliphatic hydroxyl groups is 1. The molecule has 0 aliphatic carbocycles. The molecule has 1 heterocycles. The number of hydrazine groups is 1. The standard InChI is InChI=1S/C15H18N4O4/c1-9(20)19(18-13(17)21)15(22)7-11-6-10(8-16)4-5-12(11)23-14(15,2)3/h4-6,22H,7H2,1-3H3,(H3,17,18,21). The predicted molar refractivity (Wildman–Crippen MR) is 79.8 cm³/mol. The van der Waals surface area contributed by atoms with Crippen molar-refractivity contribution in [3.8, 4) is 11.8 Å². The Morgan fingerprint density at radius 1 is 1.48 bits per heavy atom. The van der Waals surface area contributed by atoms with Gasteiger partial charge in [0.25, 0.3) is 0 Å². The van der Waals surface area contributed by atoms with Crippen molar-refractivity contribution in [2.75, 3.05) is 0 Å². The van der Waals surface area contributed by atoms with Crippen LogP contribution < -0.4 is 15.9 Å². The minimum absolute atomic E-state index is 0.0370. The lowest BCUT2D eigenvalue weighted by Gasteiger charge is -2.51. The number of carbonyl (C=O) groups excluding carboxylic acids is 2.